The lowest BCUT2D eigenvalue weighted by molar-refractivity contribution is -0.0198. The Morgan fingerprint density at radius 2 is 1.92 bits per heavy atom. The summed E-state index contributed by atoms with van der Waals surface area (Å²) in [6.45, 7) is 2.83. The molecule has 7 rings (SSSR count). The molecular weight excluding hydrogens is 477 g/mol. The third-order valence-corrected chi connectivity index (χ3v) is 9.62. The number of nitrogen functional groups attached to an aromatic ring is 1. The van der Waals surface area contributed by atoms with Gasteiger partial charge >= 0.3 is 0 Å². The summed E-state index contributed by atoms with van der Waals surface area (Å²) in [6.07, 6.45) is 10.3. The summed E-state index contributed by atoms with van der Waals surface area (Å²) in [5.74, 6) is 3.14. The van der Waals surface area contributed by atoms with E-state index in [2.05, 4.69) is 19.4 Å². The van der Waals surface area contributed by atoms with E-state index in [0.717, 1.165) is 49.7 Å². The first-order valence-electron chi connectivity index (χ1n) is 13.1. The smallest absolute Gasteiger partial charge is 0.146 e. The van der Waals surface area contributed by atoms with Crippen molar-refractivity contribution in [3.8, 4) is 16.9 Å². The lowest BCUT2D eigenvalue weighted by Gasteiger charge is -2.45. The van der Waals surface area contributed by atoms with E-state index in [1.807, 2.05) is 18.0 Å². The number of benzene rings is 1. The second-order valence-electron chi connectivity index (χ2n) is 10.8. The SMILES string of the molecule is Nc1ncnc2c1c(-c1cc(OCC34CCC(CC3)O4)ccc1F)cn2C1CC(N2CCSCC2)C1. The van der Waals surface area contributed by atoms with Gasteiger partial charge in [0.25, 0.3) is 0 Å². The second kappa shape index (κ2) is 8.89. The molecule has 9 heteroatoms. The summed E-state index contributed by atoms with van der Waals surface area (Å²) >= 11 is 2.04. The Balaban J connectivity index is 1.18. The van der Waals surface area contributed by atoms with E-state index >= 15 is 4.39 Å². The first-order valence-corrected chi connectivity index (χ1v) is 14.3. The van der Waals surface area contributed by atoms with Crippen LogP contribution in [0.2, 0.25) is 0 Å². The fraction of sp³-hybridized carbons (Fsp3) is 0.556. The van der Waals surface area contributed by atoms with E-state index in [9.17, 15) is 0 Å². The molecule has 7 nitrogen and oxygen atoms in total. The van der Waals surface area contributed by atoms with Gasteiger partial charge in [0.05, 0.1) is 11.5 Å². The number of rotatable bonds is 6. The molecule has 4 aliphatic rings. The van der Waals surface area contributed by atoms with Crippen molar-refractivity contribution < 1.29 is 13.9 Å². The number of ether oxygens (including phenoxy) is 2. The Hall–Kier alpha value is -2.36. The van der Waals surface area contributed by atoms with Gasteiger partial charge in [0, 0.05) is 54.0 Å². The zero-order valence-electron chi connectivity index (χ0n) is 20.4. The van der Waals surface area contributed by atoms with Gasteiger partial charge in [-0.25, -0.2) is 14.4 Å². The van der Waals surface area contributed by atoms with Crippen LogP contribution >= 0.6 is 11.8 Å². The predicted octanol–water partition coefficient (Wildman–Crippen LogP) is 4.66. The standard InChI is InChI=1S/C27H32FN5O2S/c28-23-2-1-20(34-15-27-5-3-19(35-27)4-6-27)13-21(23)22-14-33(26-24(22)25(29)30-16-31-26)18-11-17(12-18)32-7-9-36-10-8-32/h1-2,13-14,16-19H,3-12,15H2,(H2,29,30,31). The number of hydrogen-bond acceptors (Lipinski definition) is 7. The predicted molar refractivity (Wildman–Crippen MR) is 140 cm³/mol. The maximum Gasteiger partial charge on any atom is 0.146 e. The minimum atomic E-state index is -0.307. The van der Waals surface area contributed by atoms with E-state index < -0.39 is 0 Å². The van der Waals surface area contributed by atoms with Crippen LogP contribution in [0.25, 0.3) is 22.2 Å². The van der Waals surface area contributed by atoms with Crippen molar-refractivity contribution in [3.05, 3.63) is 36.5 Å². The molecule has 0 atom stereocenters. The Morgan fingerprint density at radius 1 is 1.11 bits per heavy atom. The van der Waals surface area contributed by atoms with Crippen LogP contribution < -0.4 is 10.5 Å². The van der Waals surface area contributed by atoms with Gasteiger partial charge in [-0.05, 0) is 56.7 Å². The number of aromatic nitrogens is 3. The summed E-state index contributed by atoms with van der Waals surface area (Å²) in [5.41, 5.74) is 8.12. The maximum atomic E-state index is 15.2. The molecule has 2 aromatic heterocycles. The van der Waals surface area contributed by atoms with Gasteiger partial charge < -0.3 is 19.8 Å². The number of nitrogens with zero attached hydrogens (tertiary/aromatic N) is 4. The first kappa shape index (κ1) is 22.8. The third kappa shape index (κ3) is 3.87. The van der Waals surface area contributed by atoms with Crippen LogP contribution in [0.15, 0.2) is 30.7 Å². The summed E-state index contributed by atoms with van der Waals surface area (Å²) in [6, 6.07) is 5.90. The van der Waals surface area contributed by atoms with Crippen LogP contribution in [-0.2, 0) is 4.74 Å². The lowest BCUT2D eigenvalue weighted by Crippen LogP contribution is -2.48. The molecule has 0 amide bonds. The number of anilines is 1. The van der Waals surface area contributed by atoms with Crippen molar-refractivity contribution in [2.75, 3.05) is 36.9 Å². The lowest BCUT2D eigenvalue weighted by atomic mass is 9.85. The van der Waals surface area contributed by atoms with Crippen molar-refractivity contribution in [1.29, 1.82) is 0 Å². The number of thioether (sulfide) groups is 1. The molecule has 3 aromatic rings. The van der Waals surface area contributed by atoms with Crippen molar-refractivity contribution in [3.63, 3.8) is 0 Å². The van der Waals surface area contributed by atoms with Gasteiger partial charge in [0.15, 0.2) is 0 Å². The number of nitrogens with two attached hydrogens (primary N) is 1. The largest absolute Gasteiger partial charge is 0.491 e. The highest BCUT2D eigenvalue weighted by Crippen LogP contribution is 2.45. The first-order chi connectivity index (χ1) is 17.6. The van der Waals surface area contributed by atoms with Gasteiger partial charge in [-0.2, -0.15) is 11.8 Å². The van der Waals surface area contributed by atoms with E-state index in [1.54, 1.807) is 12.1 Å². The zero-order valence-corrected chi connectivity index (χ0v) is 21.2. The Labute approximate surface area is 214 Å². The van der Waals surface area contributed by atoms with Crippen LogP contribution in [0.4, 0.5) is 10.2 Å². The molecule has 2 bridgehead atoms. The molecule has 2 N–H and O–H groups in total. The highest BCUT2D eigenvalue weighted by Gasteiger charge is 2.46. The number of hydrogen-bond donors (Lipinski definition) is 1. The molecule has 1 aromatic carbocycles. The molecule has 0 spiro atoms. The van der Waals surface area contributed by atoms with E-state index in [4.69, 9.17) is 15.2 Å². The van der Waals surface area contributed by atoms with Crippen LogP contribution in [0, 0.1) is 5.82 Å². The fourth-order valence-corrected chi connectivity index (χ4v) is 7.45. The number of fused-ring (bicyclic) bond motifs is 3. The van der Waals surface area contributed by atoms with Gasteiger partial charge in [0.2, 0.25) is 0 Å². The number of halogens is 1. The summed E-state index contributed by atoms with van der Waals surface area (Å²) < 4.78 is 29.7. The zero-order chi connectivity index (χ0) is 24.3. The summed E-state index contributed by atoms with van der Waals surface area (Å²) in [7, 11) is 0. The molecule has 1 aliphatic carbocycles. The molecule has 4 fully saturated rings. The maximum absolute atomic E-state index is 15.2. The third-order valence-electron chi connectivity index (χ3n) is 8.67. The quantitative estimate of drug-likeness (QED) is 0.518. The van der Waals surface area contributed by atoms with Gasteiger partial charge in [-0.1, -0.05) is 0 Å². The Morgan fingerprint density at radius 3 is 2.67 bits per heavy atom. The van der Waals surface area contributed by atoms with Gasteiger partial charge in [0.1, 0.15) is 41.6 Å². The van der Waals surface area contributed by atoms with E-state index in [1.165, 1.54) is 37.0 Å². The molecule has 3 saturated heterocycles. The summed E-state index contributed by atoms with van der Waals surface area (Å²) in [4.78, 5) is 11.4. The Bertz CT molecular complexity index is 1280. The normalized spacial score (nSPS) is 30.1. The van der Waals surface area contributed by atoms with Gasteiger partial charge in [-0.15, -0.1) is 0 Å². The molecule has 36 heavy (non-hydrogen) atoms. The van der Waals surface area contributed by atoms with Crippen LogP contribution in [0.1, 0.15) is 44.6 Å². The highest BCUT2D eigenvalue weighted by molar-refractivity contribution is 7.99. The van der Waals surface area contributed by atoms with Crippen molar-refractivity contribution in [1.82, 2.24) is 19.4 Å². The molecule has 5 heterocycles. The van der Waals surface area contributed by atoms with Crippen molar-refractivity contribution in [2.45, 2.75) is 62.3 Å². The topological polar surface area (TPSA) is 78.4 Å². The molecule has 0 unspecified atom stereocenters. The highest BCUT2D eigenvalue weighted by atomic mass is 32.2. The van der Waals surface area contributed by atoms with Crippen molar-refractivity contribution in [2.24, 2.45) is 0 Å². The van der Waals surface area contributed by atoms with Crippen LogP contribution in [0.5, 0.6) is 5.75 Å². The molecule has 3 aliphatic heterocycles. The average Bonchev–Trinajstić information content (AvgIpc) is 3.58. The minimum Gasteiger partial charge on any atom is -0.491 e. The molecular formula is C27H32FN5O2S. The molecule has 1 saturated carbocycles. The Kier molecular flexibility index (Phi) is 5.63. The second-order valence-corrected chi connectivity index (χ2v) is 12.0. The average molecular weight is 510 g/mol. The monoisotopic (exact) mass is 509 g/mol. The van der Waals surface area contributed by atoms with E-state index in [0.29, 0.717) is 47.3 Å². The van der Waals surface area contributed by atoms with Crippen LogP contribution in [-0.4, -0.2) is 68.4 Å². The fourth-order valence-electron chi connectivity index (χ4n) is 6.52. The summed E-state index contributed by atoms with van der Waals surface area (Å²) in [5, 5.41) is 0.711. The molecule has 0 radical (unpaired) electrons. The van der Waals surface area contributed by atoms with Crippen molar-refractivity contribution >= 4 is 28.6 Å². The van der Waals surface area contributed by atoms with Gasteiger partial charge in [-0.3, -0.25) is 4.90 Å². The molecule has 190 valence electrons. The minimum absolute atomic E-state index is 0.179. The van der Waals surface area contributed by atoms with Crippen LogP contribution in [0.3, 0.4) is 0 Å². The van der Waals surface area contributed by atoms with E-state index in [-0.39, 0.29) is 11.4 Å².